The van der Waals surface area contributed by atoms with Crippen LogP contribution in [0.15, 0.2) is 36.4 Å². The van der Waals surface area contributed by atoms with Crippen molar-refractivity contribution in [2.24, 2.45) is 0 Å². The van der Waals surface area contributed by atoms with Gasteiger partial charge in [-0.1, -0.05) is 24.3 Å². The minimum absolute atomic E-state index is 0.621. The Kier molecular flexibility index (Phi) is 5.86. The maximum absolute atomic E-state index is 8.62. The standard InChI is InChI=1S/C15H18BO4/c1-18-8-9-19-7-6-12-2-3-14-11-15(20-16-17)5-4-13(14)10-12/h2-5,10-11,17H,6-9H2,1H3. The van der Waals surface area contributed by atoms with Crippen LogP contribution >= 0.6 is 0 Å². The summed E-state index contributed by atoms with van der Waals surface area (Å²) in [5.74, 6) is 0.621. The number of hydrogen-bond acceptors (Lipinski definition) is 4. The zero-order chi connectivity index (χ0) is 14.2. The number of rotatable bonds is 8. The van der Waals surface area contributed by atoms with Gasteiger partial charge < -0.3 is 19.2 Å². The summed E-state index contributed by atoms with van der Waals surface area (Å²) in [5.41, 5.74) is 1.23. The van der Waals surface area contributed by atoms with Gasteiger partial charge in [0.25, 0.3) is 0 Å². The van der Waals surface area contributed by atoms with Crippen LogP contribution in [0.1, 0.15) is 5.56 Å². The van der Waals surface area contributed by atoms with E-state index in [0.29, 0.717) is 33.3 Å². The molecule has 2 aromatic rings. The Labute approximate surface area is 119 Å². The highest BCUT2D eigenvalue weighted by Crippen LogP contribution is 2.22. The molecule has 105 valence electrons. The van der Waals surface area contributed by atoms with Crippen molar-refractivity contribution in [3.05, 3.63) is 42.0 Å². The molecule has 4 nitrogen and oxygen atoms in total. The Balaban J connectivity index is 1.97. The molecule has 20 heavy (non-hydrogen) atoms. The van der Waals surface area contributed by atoms with Crippen molar-refractivity contribution in [3.8, 4) is 5.75 Å². The molecule has 0 spiro atoms. The highest BCUT2D eigenvalue weighted by Gasteiger charge is 2.00. The molecular weight excluding hydrogens is 255 g/mol. The van der Waals surface area contributed by atoms with E-state index in [-0.39, 0.29) is 0 Å². The molecule has 2 aromatic carbocycles. The highest BCUT2D eigenvalue weighted by atomic mass is 16.5. The van der Waals surface area contributed by atoms with Crippen LogP contribution in [0.2, 0.25) is 0 Å². The Morgan fingerprint density at radius 1 is 1.00 bits per heavy atom. The van der Waals surface area contributed by atoms with Crippen molar-refractivity contribution in [2.45, 2.75) is 6.42 Å². The van der Waals surface area contributed by atoms with Gasteiger partial charge in [-0.25, -0.2) is 0 Å². The summed E-state index contributed by atoms with van der Waals surface area (Å²) >= 11 is 0. The van der Waals surface area contributed by atoms with E-state index in [4.69, 9.17) is 19.2 Å². The van der Waals surface area contributed by atoms with E-state index >= 15 is 0 Å². The molecule has 0 aliphatic heterocycles. The third-order valence-corrected chi connectivity index (χ3v) is 3.03. The Morgan fingerprint density at radius 2 is 1.80 bits per heavy atom. The first-order valence-electron chi connectivity index (χ1n) is 6.55. The molecule has 0 saturated heterocycles. The monoisotopic (exact) mass is 273 g/mol. The summed E-state index contributed by atoms with van der Waals surface area (Å²) in [6.07, 6.45) is 0.877. The molecule has 1 radical (unpaired) electrons. The minimum Gasteiger partial charge on any atom is -0.537 e. The zero-order valence-corrected chi connectivity index (χ0v) is 11.5. The van der Waals surface area contributed by atoms with Gasteiger partial charge >= 0.3 is 7.69 Å². The second-order valence-electron chi connectivity index (χ2n) is 4.42. The van der Waals surface area contributed by atoms with Crippen LogP contribution in [0.3, 0.4) is 0 Å². The van der Waals surface area contributed by atoms with Crippen LogP contribution in [0.4, 0.5) is 0 Å². The summed E-state index contributed by atoms with van der Waals surface area (Å²) in [5, 5.41) is 10.8. The number of ether oxygens (including phenoxy) is 2. The fraction of sp³-hybridized carbons (Fsp3) is 0.333. The number of hydrogen-bond donors (Lipinski definition) is 1. The molecule has 0 aromatic heterocycles. The Hall–Kier alpha value is -1.56. The molecule has 0 heterocycles. The van der Waals surface area contributed by atoms with Gasteiger partial charge in [-0.05, 0) is 34.9 Å². The van der Waals surface area contributed by atoms with Crippen LogP contribution in [0.25, 0.3) is 10.8 Å². The van der Waals surface area contributed by atoms with Crippen molar-refractivity contribution in [3.63, 3.8) is 0 Å². The van der Waals surface area contributed by atoms with Crippen LogP contribution in [0.5, 0.6) is 5.75 Å². The molecule has 5 heteroatoms. The molecule has 0 aliphatic carbocycles. The smallest absolute Gasteiger partial charge is 0.537 e. The molecule has 0 fully saturated rings. The lowest BCUT2D eigenvalue weighted by Crippen LogP contribution is -2.04. The third kappa shape index (κ3) is 4.23. The largest absolute Gasteiger partial charge is 0.569 e. The molecule has 0 amide bonds. The fourth-order valence-corrected chi connectivity index (χ4v) is 2.00. The summed E-state index contributed by atoms with van der Waals surface area (Å²) in [6.45, 7) is 1.94. The molecular formula is C15H18BO4. The van der Waals surface area contributed by atoms with E-state index in [9.17, 15) is 0 Å². The summed E-state index contributed by atoms with van der Waals surface area (Å²) in [4.78, 5) is 0. The first kappa shape index (κ1) is 14.8. The van der Waals surface area contributed by atoms with Crippen molar-refractivity contribution in [1.82, 2.24) is 0 Å². The third-order valence-electron chi connectivity index (χ3n) is 3.03. The van der Waals surface area contributed by atoms with Gasteiger partial charge in [0.15, 0.2) is 0 Å². The first-order valence-corrected chi connectivity index (χ1v) is 6.55. The number of fused-ring (bicyclic) bond motifs is 1. The predicted molar refractivity (Wildman–Crippen MR) is 78.9 cm³/mol. The summed E-state index contributed by atoms with van der Waals surface area (Å²) in [7, 11) is 2.35. The van der Waals surface area contributed by atoms with E-state index in [2.05, 4.69) is 12.1 Å². The van der Waals surface area contributed by atoms with Gasteiger partial charge in [0.2, 0.25) is 0 Å². The molecule has 0 atom stereocenters. The normalized spacial score (nSPS) is 10.7. The van der Waals surface area contributed by atoms with Gasteiger partial charge in [0, 0.05) is 7.11 Å². The molecule has 0 aliphatic rings. The first-order chi connectivity index (χ1) is 9.83. The van der Waals surface area contributed by atoms with E-state index in [1.165, 1.54) is 5.56 Å². The highest BCUT2D eigenvalue weighted by molar-refractivity contribution is 6.17. The van der Waals surface area contributed by atoms with Gasteiger partial charge in [-0.3, -0.25) is 0 Å². The van der Waals surface area contributed by atoms with Crippen LogP contribution < -0.4 is 4.65 Å². The average Bonchev–Trinajstić information content (AvgIpc) is 2.47. The minimum atomic E-state index is 0.621. The van der Waals surface area contributed by atoms with Gasteiger partial charge in [0.1, 0.15) is 5.75 Å². The van der Waals surface area contributed by atoms with Crippen LogP contribution in [0, 0.1) is 0 Å². The number of benzene rings is 2. The van der Waals surface area contributed by atoms with Crippen LogP contribution in [-0.2, 0) is 15.9 Å². The SMILES string of the molecule is COCCOCCc1ccc2cc(O[B]O)ccc2c1. The molecule has 0 saturated carbocycles. The lowest BCUT2D eigenvalue weighted by Gasteiger charge is -2.07. The lowest BCUT2D eigenvalue weighted by atomic mass is 10.0. The molecule has 2 rings (SSSR count). The molecule has 0 bridgehead atoms. The topological polar surface area (TPSA) is 47.9 Å². The van der Waals surface area contributed by atoms with E-state index < -0.39 is 0 Å². The van der Waals surface area contributed by atoms with Gasteiger partial charge in [-0.2, -0.15) is 0 Å². The maximum atomic E-state index is 8.62. The van der Waals surface area contributed by atoms with Crippen molar-refractivity contribution in [1.29, 1.82) is 0 Å². The second-order valence-corrected chi connectivity index (χ2v) is 4.42. The second kappa shape index (κ2) is 7.90. The van der Waals surface area contributed by atoms with E-state index in [1.807, 2.05) is 24.3 Å². The van der Waals surface area contributed by atoms with Crippen molar-refractivity contribution in [2.75, 3.05) is 26.9 Å². The average molecular weight is 273 g/mol. The Morgan fingerprint density at radius 3 is 2.60 bits per heavy atom. The van der Waals surface area contributed by atoms with Gasteiger partial charge in [-0.15, -0.1) is 0 Å². The molecule has 0 unspecified atom stereocenters. The van der Waals surface area contributed by atoms with Gasteiger partial charge in [0.05, 0.1) is 19.8 Å². The summed E-state index contributed by atoms with van der Waals surface area (Å²) in [6, 6.07) is 12.0. The zero-order valence-electron chi connectivity index (χ0n) is 11.5. The van der Waals surface area contributed by atoms with Crippen LogP contribution in [-0.4, -0.2) is 39.6 Å². The van der Waals surface area contributed by atoms with Crippen molar-refractivity contribution < 1.29 is 19.2 Å². The number of methoxy groups -OCH3 is 1. The van der Waals surface area contributed by atoms with Crippen molar-refractivity contribution >= 4 is 18.5 Å². The molecule has 1 N–H and O–H groups in total. The Bertz CT molecular complexity index is 544. The fourth-order valence-electron chi connectivity index (χ4n) is 2.00. The van der Waals surface area contributed by atoms with E-state index in [0.717, 1.165) is 17.2 Å². The quantitative estimate of drug-likeness (QED) is 0.590. The predicted octanol–water partition coefficient (Wildman–Crippen LogP) is 1.95. The lowest BCUT2D eigenvalue weighted by molar-refractivity contribution is 0.0722. The van der Waals surface area contributed by atoms with E-state index in [1.54, 1.807) is 7.11 Å². The summed E-state index contributed by atoms with van der Waals surface area (Å²) < 4.78 is 15.3. The maximum Gasteiger partial charge on any atom is 0.569 e.